The number of aromatic nitrogens is 1. The minimum atomic E-state index is -0.955. The average molecular weight is 589 g/mol. The molecule has 6 rings (SSSR count). The zero-order chi connectivity index (χ0) is 29.4. The van der Waals surface area contributed by atoms with Gasteiger partial charge in [0.15, 0.2) is 5.83 Å². The first-order chi connectivity index (χ1) is 20.4. The van der Waals surface area contributed by atoms with Crippen molar-refractivity contribution in [3.05, 3.63) is 70.6 Å². The number of likely N-dealkylation sites (tertiary alicyclic amines) is 1. The molecule has 1 aromatic heterocycles. The highest BCUT2D eigenvalue weighted by Crippen LogP contribution is 2.40. The summed E-state index contributed by atoms with van der Waals surface area (Å²) in [6.45, 7) is 7.54. The van der Waals surface area contributed by atoms with Crippen molar-refractivity contribution in [2.24, 2.45) is 0 Å². The van der Waals surface area contributed by atoms with E-state index in [0.717, 1.165) is 59.3 Å². The molecule has 0 N–H and O–H groups in total. The van der Waals surface area contributed by atoms with Gasteiger partial charge in [-0.1, -0.05) is 42.4 Å². The van der Waals surface area contributed by atoms with Crippen LogP contribution < -0.4 is 14.5 Å². The molecule has 8 nitrogen and oxygen atoms in total. The van der Waals surface area contributed by atoms with E-state index in [1.807, 2.05) is 18.2 Å². The van der Waals surface area contributed by atoms with Crippen molar-refractivity contribution in [2.45, 2.75) is 31.8 Å². The van der Waals surface area contributed by atoms with Crippen LogP contribution in [0.3, 0.4) is 0 Å². The number of pyridine rings is 1. The summed E-state index contributed by atoms with van der Waals surface area (Å²) in [6.07, 6.45) is 2.84. The van der Waals surface area contributed by atoms with E-state index in [9.17, 15) is 14.4 Å². The van der Waals surface area contributed by atoms with E-state index in [1.165, 1.54) is 4.90 Å². The first kappa shape index (κ1) is 28.3. The number of hydrogen-bond acceptors (Lipinski definition) is 7. The minimum Gasteiger partial charge on any atom is -0.475 e. The number of hydrogen-bond donors (Lipinski definition) is 0. The molecule has 1 unspecified atom stereocenters. The van der Waals surface area contributed by atoms with Crippen LogP contribution in [-0.4, -0.2) is 79.7 Å². The lowest BCUT2D eigenvalue weighted by Crippen LogP contribution is -2.49. The van der Waals surface area contributed by atoms with E-state index in [-0.39, 0.29) is 6.04 Å². The van der Waals surface area contributed by atoms with Gasteiger partial charge in [0, 0.05) is 55.4 Å². The number of carbonyl (C=O) groups excluding carboxylic acids is 1. The fraction of sp³-hybridized carbons (Fsp3) is 0.406. The third-order valence-corrected chi connectivity index (χ3v) is 9.09. The SMILES string of the molecule is C=C(F)C(=O)N1CCN(c2c(C#N)c(OCC3CCCN3C)nc3c2CCN(c2cccc4cccc(Cl)c24)C3)CC1. The van der Waals surface area contributed by atoms with Crippen LogP contribution in [0.2, 0.25) is 5.02 Å². The quantitative estimate of drug-likeness (QED) is 0.378. The predicted molar refractivity (Wildman–Crippen MR) is 163 cm³/mol. The van der Waals surface area contributed by atoms with E-state index in [4.69, 9.17) is 21.3 Å². The van der Waals surface area contributed by atoms with E-state index in [0.29, 0.717) is 62.2 Å². The molecule has 4 heterocycles. The van der Waals surface area contributed by atoms with E-state index < -0.39 is 11.7 Å². The molecule has 0 saturated carbocycles. The van der Waals surface area contributed by atoms with Crippen LogP contribution in [0, 0.1) is 11.3 Å². The van der Waals surface area contributed by atoms with Gasteiger partial charge in [-0.25, -0.2) is 9.37 Å². The Balaban J connectivity index is 1.37. The van der Waals surface area contributed by atoms with Crippen LogP contribution >= 0.6 is 11.6 Å². The summed E-state index contributed by atoms with van der Waals surface area (Å²) in [7, 11) is 2.10. The summed E-state index contributed by atoms with van der Waals surface area (Å²) in [5.74, 6) is -1.29. The first-order valence-electron chi connectivity index (χ1n) is 14.5. The standard InChI is InChI=1S/C32H34ClFN6O2/c1-21(34)32(41)39-16-14-38(15-17-39)30-24-11-13-40(28-10-4-7-22-6-3-9-26(33)29(22)28)19-27(24)36-31(25(30)18-35)42-20-23-8-5-12-37(23)2/h3-4,6-7,9-10,23H,1,5,8,11-17,19-20H2,2H3. The molecule has 10 heteroatoms. The highest BCUT2D eigenvalue weighted by atomic mass is 35.5. The van der Waals surface area contributed by atoms with Gasteiger partial charge in [0.2, 0.25) is 5.88 Å². The Morgan fingerprint density at radius 1 is 1.14 bits per heavy atom. The fourth-order valence-electron chi connectivity index (χ4n) is 6.50. The number of nitrogens with zero attached hydrogens (tertiary/aromatic N) is 6. The number of benzene rings is 2. The maximum Gasteiger partial charge on any atom is 0.282 e. The Morgan fingerprint density at radius 2 is 1.90 bits per heavy atom. The molecule has 0 spiro atoms. The topological polar surface area (TPSA) is 75.9 Å². The number of halogens is 2. The fourth-order valence-corrected chi connectivity index (χ4v) is 6.78. The molecule has 3 aliphatic rings. The number of rotatable bonds is 6. The molecule has 0 aliphatic carbocycles. The number of fused-ring (bicyclic) bond motifs is 2. The van der Waals surface area contributed by atoms with Crippen molar-refractivity contribution in [1.82, 2.24) is 14.8 Å². The normalized spacial score (nSPS) is 19.1. The van der Waals surface area contributed by atoms with E-state index in [1.54, 1.807) is 0 Å². The molecule has 3 aromatic rings. The third kappa shape index (κ3) is 5.25. The second-order valence-electron chi connectivity index (χ2n) is 11.2. The summed E-state index contributed by atoms with van der Waals surface area (Å²) in [5.41, 5.74) is 4.17. The van der Waals surface area contributed by atoms with Crippen molar-refractivity contribution in [3.63, 3.8) is 0 Å². The Hall–Kier alpha value is -3.87. The smallest absolute Gasteiger partial charge is 0.282 e. The molecule has 2 aromatic carbocycles. The van der Waals surface area contributed by atoms with Crippen molar-refractivity contribution >= 4 is 39.7 Å². The first-order valence-corrected chi connectivity index (χ1v) is 14.8. The Labute approximate surface area is 250 Å². The second kappa shape index (κ2) is 11.8. The van der Waals surface area contributed by atoms with Crippen LogP contribution in [0.5, 0.6) is 5.88 Å². The van der Waals surface area contributed by atoms with Crippen LogP contribution in [0.1, 0.15) is 29.7 Å². The number of piperazine rings is 1. The molecule has 42 heavy (non-hydrogen) atoms. The third-order valence-electron chi connectivity index (χ3n) is 8.78. The monoisotopic (exact) mass is 588 g/mol. The summed E-state index contributed by atoms with van der Waals surface area (Å²) in [4.78, 5) is 25.4. The molecular weight excluding hydrogens is 555 g/mol. The summed E-state index contributed by atoms with van der Waals surface area (Å²) < 4.78 is 19.9. The Morgan fingerprint density at radius 3 is 2.60 bits per heavy atom. The summed E-state index contributed by atoms with van der Waals surface area (Å²) >= 11 is 6.68. The lowest BCUT2D eigenvalue weighted by atomic mass is 9.97. The largest absolute Gasteiger partial charge is 0.475 e. The number of carbonyl (C=O) groups is 1. The number of nitriles is 1. The summed E-state index contributed by atoms with van der Waals surface area (Å²) in [5, 5.41) is 13.2. The Kier molecular flexibility index (Phi) is 7.93. The molecule has 2 fully saturated rings. The summed E-state index contributed by atoms with van der Waals surface area (Å²) in [6, 6.07) is 14.8. The number of likely N-dealkylation sites (N-methyl/N-ethyl adjacent to an activating group) is 1. The van der Waals surface area contributed by atoms with Gasteiger partial charge in [-0.3, -0.25) is 4.79 Å². The van der Waals surface area contributed by atoms with Gasteiger partial charge >= 0.3 is 0 Å². The molecule has 2 saturated heterocycles. The molecule has 218 valence electrons. The maximum atomic E-state index is 13.6. The van der Waals surface area contributed by atoms with Crippen molar-refractivity contribution in [3.8, 4) is 11.9 Å². The molecule has 0 bridgehead atoms. The highest BCUT2D eigenvalue weighted by molar-refractivity contribution is 6.36. The van der Waals surface area contributed by atoms with Gasteiger partial charge in [-0.2, -0.15) is 5.26 Å². The number of ether oxygens (including phenoxy) is 1. The van der Waals surface area contributed by atoms with Gasteiger partial charge in [0.05, 0.1) is 22.9 Å². The lowest BCUT2D eigenvalue weighted by Gasteiger charge is -2.39. The minimum absolute atomic E-state index is 0.274. The van der Waals surface area contributed by atoms with Gasteiger partial charge in [0.25, 0.3) is 5.91 Å². The lowest BCUT2D eigenvalue weighted by molar-refractivity contribution is -0.128. The maximum absolute atomic E-state index is 13.6. The predicted octanol–water partition coefficient (Wildman–Crippen LogP) is 4.93. The molecule has 1 amide bonds. The Bertz CT molecular complexity index is 1580. The highest BCUT2D eigenvalue weighted by Gasteiger charge is 2.33. The van der Waals surface area contributed by atoms with Crippen molar-refractivity contribution < 1.29 is 13.9 Å². The van der Waals surface area contributed by atoms with Gasteiger partial charge in [-0.05, 0) is 50.4 Å². The van der Waals surface area contributed by atoms with E-state index in [2.05, 4.69) is 52.6 Å². The van der Waals surface area contributed by atoms with E-state index >= 15 is 0 Å². The van der Waals surface area contributed by atoms with Crippen molar-refractivity contribution in [1.29, 1.82) is 5.26 Å². The number of anilines is 2. The van der Waals surface area contributed by atoms with Gasteiger partial charge in [-0.15, -0.1) is 0 Å². The zero-order valence-corrected chi connectivity index (χ0v) is 24.5. The van der Waals surface area contributed by atoms with Gasteiger partial charge in [0.1, 0.15) is 18.2 Å². The molecule has 3 aliphatic heterocycles. The van der Waals surface area contributed by atoms with Crippen LogP contribution in [0.15, 0.2) is 48.8 Å². The van der Waals surface area contributed by atoms with Gasteiger partial charge < -0.3 is 24.3 Å². The van der Waals surface area contributed by atoms with Crippen LogP contribution in [0.25, 0.3) is 10.8 Å². The average Bonchev–Trinajstić information content (AvgIpc) is 3.42. The second-order valence-corrected chi connectivity index (χ2v) is 11.6. The molecule has 1 atom stereocenters. The molecule has 0 radical (unpaired) electrons. The zero-order valence-electron chi connectivity index (χ0n) is 23.8. The van der Waals surface area contributed by atoms with Crippen molar-refractivity contribution in [2.75, 3.05) is 62.7 Å². The molecular formula is C32H34ClFN6O2. The number of amides is 1. The van der Waals surface area contributed by atoms with Crippen LogP contribution in [0.4, 0.5) is 15.8 Å². The van der Waals surface area contributed by atoms with Crippen LogP contribution in [-0.2, 0) is 17.8 Å².